The van der Waals surface area contributed by atoms with E-state index in [2.05, 4.69) is 0 Å². The fourth-order valence-corrected chi connectivity index (χ4v) is 3.34. The van der Waals surface area contributed by atoms with Crippen LogP contribution in [0.3, 0.4) is 0 Å². The van der Waals surface area contributed by atoms with Crippen LogP contribution >= 0.6 is 11.6 Å². The summed E-state index contributed by atoms with van der Waals surface area (Å²) in [6.45, 7) is 0.273. The normalized spacial score (nSPS) is 15.3. The Bertz CT molecular complexity index is 933. The van der Waals surface area contributed by atoms with E-state index >= 15 is 0 Å². The fourth-order valence-electron chi connectivity index (χ4n) is 2.64. The second-order valence-electron chi connectivity index (χ2n) is 5.32. The molecule has 2 aromatic rings. The van der Waals surface area contributed by atoms with E-state index in [1.165, 1.54) is 12.1 Å². The number of hydrogen-bond acceptors (Lipinski definition) is 4. The number of ether oxygens (including phenoxy) is 1. The van der Waals surface area contributed by atoms with Crippen molar-refractivity contribution in [3.05, 3.63) is 64.7 Å². The Balaban J connectivity index is 2.14. The van der Waals surface area contributed by atoms with Gasteiger partial charge >= 0.3 is 5.97 Å². The number of rotatable bonds is 3. The van der Waals surface area contributed by atoms with E-state index < -0.39 is 16.0 Å². The minimum atomic E-state index is -3.76. The van der Waals surface area contributed by atoms with Crippen molar-refractivity contribution in [3.63, 3.8) is 0 Å². The molecular formula is C17H14ClNO4S. The first kappa shape index (κ1) is 16.7. The Labute approximate surface area is 144 Å². The molecule has 0 bridgehead atoms. The highest BCUT2D eigenvalue weighted by atomic mass is 35.5. The van der Waals surface area contributed by atoms with Crippen molar-refractivity contribution in [2.24, 2.45) is 5.14 Å². The number of cyclic esters (lactones) is 1. The molecule has 1 aliphatic rings. The molecule has 24 heavy (non-hydrogen) atoms. The molecule has 0 saturated carbocycles. The number of hydrogen-bond donors (Lipinski definition) is 1. The lowest BCUT2D eigenvalue weighted by Gasteiger charge is -2.20. The minimum absolute atomic E-state index is 0.0227. The van der Waals surface area contributed by atoms with E-state index in [0.717, 1.165) is 11.1 Å². The Morgan fingerprint density at radius 3 is 2.38 bits per heavy atom. The number of carbonyl (C=O) groups is 1. The zero-order valence-corrected chi connectivity index (χ0v) is 14.1. The van der Waals surface area contributed by atoms with Gasteiger partial charge in [0.25, 0.3) is 0 Å². The van der Waals surface area contributed by atoms with Crippen LogP contribution in [0.1, 0.15) is 17.5 Å². The minimum Gasteiger partial charge on any atom is -0.462 e. The van der Waals surface area contributed by atoms with Gasteiger partial charge in [0, 0.05) is 11.4 Å². The summed E-state index contributed by atoms with van der Waals surface area (Å²) >= 11 is 6.02. The molecule has 5 nitrogen and oxygen atoms in total. The van der Waals surface area contributed by atoms with Gasteiger partial charge in [-0.15, -0.1) is 0 Å². The van der Waals surface area contributed by atoms with Crippen molar-refractivity contribution < 1.29 is 17.9 Å². The summed E-state index contributed by atoms with van der Waals surface area (Å²) in [6, 6.07) is 13.1. The number of primary sulfonamides is 1. The second kappa shape index (κ2) is 6.39. The second-order valence-corrected chi connectivity index (χ2v) is 7.32. The largest absolute Gasteiger partial charge is 0.462 e. The number of nitrogens with two attached hydrogens (primary N) is 1. The molecule has 2 N–H and O–H groups in total. The fraction of sp³-hybridized carbons (Fsp3) is 0.118. The molecule has 3 rings (SSSR count). The van der Waals surface area contributed by atoms with E-state index in [0.29, 0.717) is 22.6 Å². The monoisotopic (exact) mass is 363 g/mol. The highest BCUT2D eigenvalue weighted by Crippen LogP contribution is 2.34. The van der Waals surface area contributed by atoms with Gasteiger partial charge in [-0.2, -0.15) is 0 Å². The van der Waals surface area contributed by atoms with Gasteiger partial charge in [-0.05, 0) is 41.0 Å². The van der Waals surface area contributed by atoms with Crippen LogP contribution in [0.5, 0.6) is 0 Å². The van der Waals surface area contributed by atoms with Crippen LogP contribution in [-0.2, 0) is 19.6 Å². The van der Waals surface area contributed by atoms with Crippen LogP contribution in [-0.4, -0.2) is 21.0 Å². The van der Waals surface area contributed by atoms with Crippen LogP contribution in [0.2, 0.25) is 5.02 Å². The molecule has 0 atom stereocenters. The molecule has 1 heterocycles. The Morgan fingerprint density at radius 2 is 1.75 bits per heavy atom. The predicted octanol–water partition coefficient (Wildman–Crippen LogP) is 2.85. The molecule has 0 unspecified atom stereocenters. The molecule has 0 radical (unpaired) electrons. The van der Waals surface area contributed by atoms with Crippen molar-refractivity contribution in [1.82, 2.24) is 0 Å². The molecule has 0 aromatic heterocycles. The van der Waals surface area contributed by atoms with Crippen molar-refractivity contribution in [3.8, 4) is 0 Å². The summed E-state index contributed by atoms with van der Waals surface area (Å²) in [6.07, 6.45) is 0.530. The standard InChI is InChI=1S/C17H14ClNO4S/c18-13-3-1-2-12(10-13)16-15(8-9-23-17(16)20)11-4-6-14(7-5-11)24(19,21)22/h1-7,10H,8-9H2,(H2,19,21,22). The Hall–Kier alpha value is -2.15. The summed E-state index contributed by atoms with van der Waals surface area (Å²) in [5, 5.41) is 5.63. The number of esters is 1. The maximum absolute atomic E-state index is 12.3. The van der Waals surface area contributed by atoms with Gasteiger partial charge in [0.1, 0.15) is 0 Å². The first-order valence-electron chi connectivity index (χ1n) is 7.16. The highest BCUT2D eigenvalue weighted by molar-refractivity contribution is 7.89. The molecule has 1 aliphatic heterocycles. The Kier molecular flexibility index (Phi) is 4.45. The summed E-state index contributed by atoms with van der Waals surface area (Å²) in [4.78, 5) is 12.3. The lowest BCUT2D eigenvalue weighted by atomic mass is 9.91. The van der Waals surface area contributed by atoms with Crippen molar-refractivity contribution in [1.29, 1.82) is 0 Å². The third-order valence-corrected chi connectivity index (χ3v) is 4.90. The van der Waals surface area contributed by atoms with Gasteiger partial charge in [0.2, 0.25) is 10.0 Å². The van der Waals surface area contributed by atoms with Crippen molar-refractivity contribution in [2.75, 3.05) is 6.61 Å². The van der Waals surface area contributed by atoms with Crippen LogP contribution in [0.4, 0.5) is 0 Å². The molecule has 7 heteroatoms. The lowest BCUT2D eigenvalue weighted by Crippen LogP contribution is -2.16. The molecule has 0 fully saturated rings. The maximum Gasteiger partial charge on any atom is 0.339 e. The summed E-state index contributed by atoms with van der Waals surface area (Å²) in [5.41, 5.74) is 2.63. The van der Waals surface area contributed by atoms with Crippen molar-refractivity contribution in [2.45, 2.75) is 11.3 Å². The summed E-state index contributed by atoms with van der Waals surface area (Å²) in [5.74, 6) is -0.422. The average molecular weight is 364 g/mol. The third kappa shape index (κ3) is 3.36. The number of sulfonamides is 1. The number of halogens is 1. The molecule has 124 valence electrons. The van der Waals surface area contributed by atoms with E-state index in [-0.39, 0.29) is 11.5 Å². The van der Waals surface area contributed by atoms with Gasteiger partial charge in [-0.3, -0.25) is 0 Å². The SMILES string of the molecule is NS(=O)(=O)c1ccc(C2=C(c3cccc(Cl)c3)C(=O)OCC2)cc1. The molecule has 0 amide bonds. The van der Waals surface area contributed by atoms with Gasteiger partial charge in [0.05, 0.1) is 17.1 Å². The van der Waals surface area contributed by atoms with Gasteiger partial charge in [0.15, 0.2) is 0 Å². The summed E-state index contributed by atoms with van der Waals surface area (Å²) in [7, 11) is -3.76. The van der Waals surface area contributed by atoms with E-state index in [1.807, 2.05) is 0 Å². The maximum atomic E-state index is 12.3. The zero-order chi connectivity index (χ0) is 17.3. The Morgan fingerprint density at radius 1 is 1.04 bits per heavy atom. The van der Waals surface area contributed by atoms with Crippen molar-refractivity contribution >= 4 is 38.7 Å². The first-order chi connectivity index (χ1) is 11.4. The summed E-state index contributed by atoms with van der Waals surface area (Å²) < 4.78 is 27.9. The molecule has 0 aliphatic carbocycles. The molecule has 0 saturated heterocycles. The number of benzene rings is 2. The highest BCUT2D eigenvalue weighted by Gasteiger charge is 2.25. The smallest absolute Gasteiger partial charge is 0.339 e. The third-order valence-electron chi connectivity index (χ3n) is 3.74. The number of carbonyl (C=O) groups excluding carboxylic acids is 1. The van der Waals surface area contributed by atoms with Gasteiger partial charge in [-0.1, -0.05) is 35.9 Å². The average Bonchev–Trinajstić information content (AvgIpc) is 2.54. The van der Waals surface area contributed by atoms with Gasteiger partial charge < -0.3 is 4.74 Å². The van der Waals surface area contributed by atoms with Crippen LogP contribution < -0.4 is 5.14 Å². The van der Waals surface area contributed by atoms with Gasteiger partial charge in [-0.25, -0.2) is 18.4 Å². The lowest BCUT2D eigenvalue weighted by molar-refractivity contribution is -0.136. The van der Waals surface area contributed by atoms with E-state index in [4.69, 9.17) is 21.5 Å². The topological polar surface area (TPSA) is 86.5 Å². The van der Waals surface area contributed by atoms with E-state index in [1.54, 1.807) is 36.4 Å². The molecule has 0 spiro atoms. The molecule has 2 aromatic carbocycles. The van der Waals surface area contributed by atoms with E-state index in [9.17, 15) is 13.2 Å². The quantitative estimate of drug-likeness (QED) is 0.849. The molecular weight excluding hydrogens is 350 g/mol. The first-order valence-corrected chi connectivity index (χ1v) is 9.08. The van der Waals surface area contributed by atoms with Crippen LogP contribution in [0, 0.1) is 0 Å². The predicted molar refractivity (Wildman–Crippen MR) is 91.7 cm³/mol. The van der Waals surface area contributed by atoms with Crippen LogP contribution in [0.25, 0.3) is 11.1 Å². The van der Waals surface area contributed by atoms with Crippen LogP contribution in [0.15, 0.2) is 53.4 Å². The zero-order valence-electron chi connectivity index (χ0n) is 12.5.